The highest BCUT2D eigenvalue weighted by Gasteiger charge is 2.15. The minimum atomic E-state index is -0.461. The Morgan fingerprint density at radius 1 is 1.15 bits per heavy atom. The summed E-state index contributed by atoms with van der Waals surface area (Å²) in [6, 6.07) is 8.10. The van der Waals surface area contributed by atoms with Crippen LogP contribution in [0.5, 0.6) is 0 Å². The van der Waals surface area contributed by atoms with E-state index in [0.717, 1.165) is 38.2 Å². The van der Waals surface area contributed by atoms with E-state index in [9.17, 15) is 5.11 Å². The first kappa shape index (κ1) is 17.2. The molecule has 2 unspecified atom stereocenters. The summed E-state index contributed by atoms with van der Waals surface area (Å²) in [5, 5.41) is 13.6. The summed E-state index contributed by atoms with van der Waals surface area (Å²) < 4.78 is 5.51. The van der Waals surface area contributed by atoms with Gasteiger partial charge in [-0.2, -0.15) is 0 Å². The average molecular weight is 279 g/mol. The van der Waals surface area contributed by atoms with Crippen LogP contribution in [-0.2, 0) is 4.74 Å². The molecular formula is C17H29NO2. The molecule has 1 rings (SSSR count). The van der Waals surface area contributed by atoms with Crippen molar-refractivity contribution in [1.82, 2.24) is 5.32 Å². The Kier molecular flexibility index (Phi) is 8.51. The third kappa shape index (κ3) is 6.51. The van der Waals surface area contributed by atoms with Crippen molar-refractivity contribution in [1.29, 1.82) is 0 Å². The molecule has 1 aromatic carbocycles. The van der Waals surface area contributed by atoms with Crippen molar-refractivity contribution in [3.05, 3.63) is 35.4 Å². The van der Waals surface area contributed by atoms with Gasteiger partial charge in [-0.05, 0) is 38.8 Å². The molecule has 0 bridgehead atoms. The fourth-order valence-corrected chi connectivity index (χ4v) is 2.02. The first-order valence-corrected chi connectivity index (χ1v) is 7.71. The fourth-order valence-electron chi connectivity index (χ4n) is 2.02. The van der Waals surface area contributed by atoms with Crippen molar-refractivity contribution in [2.45, 2.75) is 52.2 Å². The van der Waals surface area contributed by atoms with Crippen LogP contribution in [0.1, 0.15) is 50.3 Å². The second-order valence-corrected chi connectivity index (χ2v) is 5.42. The number of benzene rings is 1. The highest BCUT2D eigenvalue weighted by molar-refractivity contribution is 5.23. The third-order valence-electron chi connectivity index (χ3n) is 3.47. The number of hydrogen-bond donors (Lipinski definition) is 2. The molecule has 0 saturated heterocycles. The maximum atomic E-state index is 10.3. The fraction of sp³-hybridized carbons (Fsp3) is 0.647. The number of aliphatic hydroxyl groups is 1. The minimum absolute atomic E-state index is 0.0494. The standard InChI is InChI=1S/C17H29NO2/c1-4-5-12-20-13-6-11-18-15(3)17(19)16-9-7-14(2)8-10-16/h7-10,15,17-19H,4-6,11-13H2,1-3H3. The lowest BCUT2D eigenvalue weighted by Gasteiger charge is -2.21. The highest BCUT2D eigenvalue weighted by Crippen LogP contribution is 2.17. The van der Waals surface area contributed by atoms with Gasteiger partial charge in [0.05, 0.1) is 6.10 Å². The summed E-state index contributed by atoms with van der Waals surface area (Å²) in [7, 11) is 0. The van der Waals surface area contributed by atoms with Gasteiger partial charge in [0, 0.05) is 19.3 Å². The lowest BCUT2D eigenvalue weighted by Crippen LogP contribution is -2.33. The van der Waals surface area contributed by atoms with Crippen LogP contribution >= 0.6 is 0 Å². The smallest absolute Gasteiger partial charge is 0.0940 e. The number of aryl methyl sites for hydroxylation is 1. The molecule has 0 saturated carbocycles. The summed E-state index contributed by atoms with van der Waals surface area (Å²) in [5.41, 5.74) is 2.18. The molecule has 20 heavy (non-hydrogen) atoms. The molecule has 0 spiro atoms. The molecule has 0 radical (unpaired) electrons. The predicted molar refractivity (Wildman–Crippen MR) is 83.9 cm³/mol. The van der Waals surface area contributed by atoms with Gasteiger partial charge in [-0.3, -0.25) is 0 Å². The molecule has 114 valence electrons. The molecule has 0 amide bonds. The van der Waals surface area contributed by atoms with E-state index in [1.165, 1.54) is 12.0 Å². The molecule has 0 heterocycles. The second-order valence-electron chi connectivity index (χ2n) is 5.42. The van der Waals surface area contributed by atoms with E-state index in [0.29, 0.717) is 0 Å². The van der Waals surface area contributed by atoms with Gasteiger partial charge in [-0.1, -0.05) is 43.2 Å². The number of nitrogens with one attached hydrogen (secondary N) is 1. The summed E-state index contributed by atoms with van der Waals surface area (Å²) in [6.07, 6.45) is 2.83. The van der Waals surface area contributed by atoms with Crippen molar-refractivity contribution in [3.8, 4) is 0 Å². The Hall–Kier alpha value is -0.900. The predicted octanol–water partition coefficient (Wildman–Crippen LogP) is 3.21. The molecule has 2 atom stereocenters. The molecule has 0 fully saturated rings. The Balaban J connectivity index is 2.18. The lowest BCUT2D eigenvalue weighted by molar-refractivity contribution is 0.118. The van der Waals surface area contributed by atoms with E-state index in [1.807, 2.05) is 31.2 Å². The number of unbranched alkanes of at least 4 members (excludes halogenated alkanes) is 1. The topological polar surface area (TPSA) is 41.5 Å². The lowest BCUT2D eigenvalue weighted by atomic mass is 10.0. The number of ether oxygens (including phenoxy) is 1. The van der Waals surface area contributed by atoms with E-state index in [-0.39, 0.29) is 6.04 Å². The van der Waals surface area contributed by atoms with Gasteiger partial charge in [0.15, 0.2) is 0 Å². The van der Waals surface area contributed by atoms with Crippen molar-refractivity contribution in [2.75, 3.05) is 19.8 Å². The van der Waals surface area contributed by atoms with E-state index in [2.05, 4.69) is 19.2 Å². The number of rotatable bonds is 10. The Bertz CT molecular complexity index is 351. The van der Waals surface area contributed by atoms with Gasteiger partial charge in [0.2, 0.25) is 0 Å². The quantitative estimate of drug-likeness (QED) is 0.646. The maximum Gasteiger partial charge on any atom is 0.0940 e. The van der Waals surface area contributed by atoms with Crippen molar-refractivity contribution < 1.29 is 9.84 Å². The average Bonchev–Trinajstić information content (AvgIpc) is 2.46. The molecule has 3 nitrogen and oxygen atoms in total. The molecule has 2 N–H and O–H groups in total. The van der Waals surface area contributed by atoms with Crippen LogP contribution in [0.4, 0.5) is 0 Å². The van der Waals surface area contributed by atoms with E-state index in [1.54, 1.807) is 0 Å². The van der Waals surface area contributed by atoms with Crippen LogP contribution in [-0.4, -0.2) is 30.9 Å². The van der Waals surface area contributed by atoms with Gasteiger partial charge < -0.3 is 15.2 Å². The first-order valence-electron chi connectivity index (χ1n) is 7.71. The van der Waals surface area contributed by atoms with Gasteiger partial charge in [0.25, 0.3) is 0 Å². The van der Waals surface area contributed by atoms with Gasteiger partial charge in [0.1, 0.15) is 0 Å². The molecule has 1 aromatic rings. The monoisotopic (exact) mass is 279 g/mol. The normalized spacial score (nSPS) is 14.2. The van der Waals surface area contributed by atoms with Crippen LogP contribution in [0, 0.1) is 6.92 Å². The second kappa shape index (κ2) is 9.92. The third-order valence-corrected chi connectivity index (χ3v) is 3.47. The van der Waals surface area contributed by atoms with Crippen molar-refractivity contribution in [3.63, 3.8) is 0 Å². The Labute approximate surface area is 123 Å². The summed E-state index contributed by atoms with van der Waals surface area (Å²) in [6.45, 7) is 8.76. The van der Waals surface area contributed by atoms with Crippen LogP contribution in [0.25, 0.3) is 0 Å². The van der Waals surface area contributed by atoms with Crippen LogP contribution in [0.2, 0.25) is 0 Å². The summed E-state index contributed by atoms with van der Waals surface area (Å²) in [5.74, 6) is 0. The zero-order chi connectivity index (χ0) is 14.8. The molecule has 3 heteroatoms. The molecular weight excluding hydrogens is 250 g/mol. The minimum Gasteiger partial charge on any atom is -0.387 e. The van der Waals surface area contributed by atoms with E-state index < -0.39 is 6.10 Å². The van der Waals surface area contributed by atoms with Crippen LogP contribution in [0.3, 0.4) is 0 Å². The molecule has 0 aliphatic heterocycles. The Morgan fingerprint density at radius 2 is 1.80 bits per heavy atom. The van der Waals surface area contributed by atoms with Gasteiger partial charge >= 0.3 is 0 Å². The molecule has 0 aliphatic carbocycles. The van der Waals surface area contributed by atoms with Crippen LogP contribution in [0.15, 0.2) is 24.3 Å². The first-order chi connectivity index (χ1) is 9.65. The summed E-state index contributed by atoms with van der Waals surface area (Å²) in [4.78, 5) is 0. The molecule has 0 aromatic heterocycles. The van der Waals surface area contributed by atoms with Gasteiger partial charge in [-0.25, -0.2) is 0 Å². The largest absolute Gasteiger partial charge is 0.387 e. The van der Waals surface area contributed by atoms with Crippen LogP contribution < -0.4 is 5.32 Å². The van der Waals surface area contributed by atoms with E-state index >= 15 is 0 Å². The zero-order valence-corrected chi connectivity index (χ0v) is 13.1. The molecule has 0 aliphatic rings. The number of aliphatic hydroxyl groups excluding tert-OH is 1. The van der Waals surface area contributed by atoms with E-state index in [4.69, 9.17) is 4.74 Å². The SMILES string of the molecule is CCCCOCCCNC(C)C(O)c1ccc(C)cc1. The highest BCUT2D eigenvalue weighted by atomic mass is 16.5. The Morgan fingerprint density at radius 3 is 2.45 bits per heavy atom. The summed E-state index contributed by atoms with van der Waals surface area (Å²) >= 11 is 0. The zero-order valence-electron chi connectivity index (χ0n) is 13.1. The van der Waals surface area contributed by atoms with Crippen molar-refractivity contribution in [2.24, 2.45) is 0 Å². The maximum absolute atomic E-state index is 10.3. The van der Waals surface area contributed by atoms with Gasteiger partial charge in [-0.15, -0.1) is 0 Å². The number of hydrogen-bond acceptors (Lipinski definition) is 3. The van der Waals surface area contributed by atoms with Crippen molar-refractivity contribution >= 4 is 0 Å².